The molecule has 0 saturated heterocycles. The molecule has 4 heteroatoms. The SMILES string of the molecule is C=C/C(O)=C(\C=C)n1nc(C=C)c(/C=C\C)n1. The predicted molar refractivity (Wildman–Crippen MR) is 71.1 cm³/mol. The molecule has 1 heterocycles. The van der Waals surface area contributed by atoms with E-state index in [1.54, 1.807) is 6.08 Å². The van der Waals surface area contributed by atoms with Gasteiger partial charge in [-0.1, -0.05) is 25.8 Å². The summed E-state index contributed by atoms with van der Waals surface area (Å²) in [5, 5.41) is 18.0. The van der Waals surface area contributed by atoms with Crippen LogP contribution in [0.3, 0.4) is 0 Å². The lowest BCUT2D eigenvalue weighted by Crippen LogP contribution is -2.02. The number of aromatic nitrogens is 3. The first-order valence-corrected chi connectivity index (χ1v) is 5.08. The van der Waals surface area contributed by atoms with Crippen LogP contribution in [0.25, 0.3) is 17.8 Å². The standard InChI is InChI=1S/C13H15N3O/c1-5-9-11-10(6-2)14-16(15-11)12(7-3)13(17)8-4/h5-9,17H,2-4H2,1H3/b9-5-,13-12-. The Labute approximate surface area is 101 Å². The number of hydrogen-bond donors (Lipinski definition) is 1. The van der Waals surface area contributed by atoms with Crippen LogP contribution < -0.4 is 0 Å². The van der Waals surface area contributed by atoms with E-state index < -0.39 is 0 Å². The molecule has 0 aromatic carbocycles. The Hall–Kier alpha value is -2.36. The topological polar surface area (TPSA) is 50.9 Å². The van der Waals surface area contributed by atoms with Crippen LogP contribution in [0.15, 0.2) is 43.7 Å². The van der Waals surface area contributed by atoms with Crippen molar-refractivity contribution in [3.8, 4) is 0 Å². The van der Waals surface area contributed by atoms with Crippen LogP contribution in [0, 0.1) is 0 Å². The number of nitrogens with zero attached hydrogens (tertiary/aromatic N) is 3. The molecule has 0 aliphatic rings. The molecule has 0 atom stereocenters. The highest BCUT2D eigenvalue weighted by atomic mass is 16.3. The van der Waals surface area contributed by atoms with Gasteiger partial charge in [-0.15, -0.1) is 15.0 Å². The molecule has 1 aromatic heterocycles. The summed E-state index contributed by atoms with van der Waals surface area (Å²) < 4.78 is 0. The molecule has 0 aliphatic heterocycles. The third-order valence-corrected chi connectivity index (χ3v) is 2.05. The third-order valence-electron chi connectivity index (χ3n) is 2.05. The van der Waals surface area contributed by atoms with Gasteiger partial charge in [0.25, 0.3) is 0 Å². The molecule has 0 unspecified atom stereocenters. The van der Waals surface area contributed by atoms with Gasteiger partial charge in [-0.2, -0.15) is 0 Å². The van der Waals surface area contributed by atoms with Crippen LogP contribution in [0.1, 0.15) is 18.3 Å². The molecular weight excluding hydrogens is 214 g/mol. The quantitative estimate of drug-likeness (QED) is 0.623. The third kappa shape index (κ3) is 2.60. The van der Waals surface area contributed by atoms with Crippen LogP contribution in [-0.4, -0.2) is 20.1 Å². The Morgan fingerprint density at radius 1 is 1.18 bits per heavy atom. The molecule has 0 amide bonds. The van der Waals surface area contributed by atoms with Gasteiger partial charge in [-0.3, -0.25) is 0 Å². The highest BCUT2D eigenvalue weighted by Crippen LogP contribution is 2.13. The summed E-state index contributed by atoms with van der Waals surface area (Å²) in [6.07, 6.45) is 8.04. The van der Waals surface area contributed by atoms with Crippen molar-refractivity contribution in [1.82, 2.24) is 15.0 Å². The molecule has 1 rings (SSSR count). The first-order chi connectivity index (χ1) is 8.17. The van der Waals surface area contributed by atoms with E-state index >= 15 is 0 Å². The van der Waals surface area contributed by atoms with Crippen LogP contribution in [0.5, 0.6) is 0 Å². The van der Waals surface area contributed by atoms with E-state index in [9.17, 15) is 5.11 Å². The lowest BCUT2D eigenvalue weighted by Gasteiger charge is -2.00. The Bertz CT molecular complexity index is 507. The summed E-state index contributed by atoms with van der Waals surface area (Å²) in [4.78, 5) is 1.30. The van der Waals surface area contributed by atoms with Gasteiger partial charge in [0.15, 0.2) is 0 Å². The van der Waals surface area contributed by atoms with Crippen molar-refractivity contribution in [2.24, 2.45) is 0 Å². The van der Waals surface area contributed by atoms with E-state index in [-0.39, 0.29) is 5.76 Å². The molecule has 88 valence electrons. The molecule has 0 aliphatic carbocycles. The van der Waals surface area contributed by atoms with Crippen LogP contribution in [-0.2, 0) is 0 Å². The van der Waals surface area contributed by atoms with E-state index in [1.807, 2.05) is 19.1 Å². The average molecular weight is 229 g/mol. The maximum absolute atomic E-state index is 9.62. The fourth-order valence-corrected chi connectivity index (χ4v) is 1.25. The molecular formula is C13H15N3O. The second kappa shape index (κ2) is 5.65. The fourth-order valence-electron chi connectivity index (χ4n) is 1.25. The minimum Gasteiger partial charge on any atom is -0.506 e. The summed E-state index contributed by atoms with van der Waals surface area (Å²) in [7, 11) is 0. The lowest BCUT2D eigenvalue weighted by molar-refractivity contribution is 0.430. The molecule has 1 N–H and O–H groups in total. The van der Waals surface area contributed by atoms with Crippen molar-refractivity contribution in [2.75, 3.05) is 0 Å². The van der Waals surface area contributed by atoms with E-state index in [0.29, 0.717) is 17.1 Å². The van der Waals surface area contributed by atoms with Crippen molar-refractivity contribution in [3.63, 3.8) is 0 Å². The van der Waals surface area contributed by atoms with Gasteiger partial charge in [0.05, 0.1) is 0 Å². The van der Waals surface area contributed by atoms with Gasteiger partial charge in [0.1, 0.15) is 22.8 Å². The Kier molecular flexibility index (Phi) is 4.22. The van der Waals surface area contributed by atoms with Crippen LogP contribution in [0.2, 0.25) is 0 Å². The van der Waals surface area contributed by atoms with Crippen LogP contribution in [0.4, 0.5) is 0 Å². The maximum Gasteiger partial charge on any atom is 0.142 e. The first-order valence-electron chi connectivity index (χ1n) is 5.08. The largest absolute Gasteiger partial charge is 0.506 e. The monoisotopic (exact) mass is 229 g/mol. The number of hydrogen-bond acceptors (Lipinski definition) is 3. The highest BCUT2D eigenvalue weighted by molar-refractivity contribution is 5.62. The Morgan fingerprint density at radius 3 is 2.29 bits per heavy atom. The molecule has 0 bridgehead atoms. The summed E-state index contributed by atoms with van der Waals surface area (Å²) in [6.45, 7) is 12.6. The first kappa shape index (κ1) is 12.7. The zero-order valence-electron chi connectivity index (χ0n) is 9.80. The van der Waals surface area contributed by atoms with Crippen molar-refractivity contribution in [2.45, 2.75) is 6.92 Å². The summed E-state index contributed by atoms with van der Waals surface area (Å²) in [6, 6.07) is 0. The number of allylic oxidation sites excluding steroid dienone is 4. The zero-order chi connectivity index (χ0) is 12.8. The number of aliphatic hydroxyl groups is 1. The molecule has 0 radical (unpaired) electrons. The Morgan fingerprint density at radius 2 is 1.82 bits per heavy atom. The summed E-state index contributed by atoms with van der Waals surface area (Å²) in [5.41, 5.74) is 1.69. The summed E-state index contributed by atoms with van der Waals surface area (Å²) >= 11 is 0. The molecule has 0 fully saturated rings. The van der Waals surface area contributed by atoms with Gasteiger partial charge in [-0.25, -0.2) is 0 Å². The number of rotatable bonds is 5. The minimum absolute atomic E-state index is 0.0300. The van der Waals surface area contributed by atoms with Gasteiger partial charge < -0.3 is 5.11 Å². The molecule has 0 saturated carbocycles. The van der Waals surface area contributed by atoms with Gasteiger partial charge in [0, 0.05) is 0 Å². The van der Waals surface area contributed by atoms with Crippen molar-refractivity contribution < 1.29 is 5.11 Å². The lowest BCUT2D eigenvalue weighted by atomic mass is 10.3. The second-order valence-corrected chi connectivity index (χ2v) is 3.14. The normalized spacial score (nSPS) is 12.3. The molecule has 17 heavy (non-hydrogen) atoms. The smallest absolute Gasteiger partial charge is 0.142 e. The average Bonchev–Trinajstić information content (AvgIpc) is 2.73. The van der Waals surface area contributed by atoms with E-state index in [4.69, 9.17) is 0 Å². The van der Waals surface area contributed by atoms with Gasteiger partial charge >= 0.3 is 0 Å². The number of aliphatic hydroxyl groups excluding tert-OH is 1. The van der Waals surface area contributed by atoms with Crippen molar-refractivity contribution >= 4 is 17.8 Å². The van der Waals surface area contributed by atoms with E-state index in [2.05, 4.69) is 29.9 Å². The molecule has 4 nitrogen and oxygen atoms in total. The van der Waals surface area contributed by atoms with Crippen molar-refractivity contribution in [3.05, 3.63) is 55.1 Å². The fraction of sp³-hybridized carbons (Fsp3) is 0.0769. The van der Waals surface area contributed by atoms with E-state index in [1.165, 1.54) is 16.9 Å². The highest BCUT2D eigenvalue weighted by Gasteiger charge is 2.09. The van der Waals surface area contributed by atoms with E-state index in [0.717, 1.165) is 0 Å². The predicted octanol–water partition coefficient (Wildman–Crippen LogP) is 3.05. The van der Waals surface area contributed by atoms with Crippen LogP contribution >= 0.6 is 0 Å². The van der Waals surface area contributed by atoms with Gasteiger partial charge in [0.2, 0.25) is 0 Å². The van der Waals surface area contributed by atoms with Crippen molar-refractivity contribution in [1.29, 1.82) is 0 Å². The molecule has 1 aromatic rings. The molecule has 0 spiro atoms. The summed E-state index contributed by atoms with van der Waals surface area (Å²) in [5.74, 6) is -0.0300. The Balaban J connectivity index is 3.37. The maximum atomic E-state index is 9.62. The zero-order valence-corrected chi connectivity index (χ0v) is 9.80. The minimum atomic E-state index is -0.0300. The second-order valence-electron chi connectivity index (χ2n) is 3.14. The van der Waals surface area contributed by atoms with Gasteiger partial charge in [-0.05, 0) is 31.2 Å².